The molecule has 0 radical (unpaired) electrons. The normalized spacial score (nSPS) is 11.3. The minimum absolute atomic E-state index is 0.292. The summed E-state index contributed by atoms with van der Waals surface area (Å²) in [6.45, 7) is 2.62. The van der Waals surface area contributed by atoms with E-state index in [1.807, 2.05) is 0 Å². The molecule has 0 aliphatic carbocycles. The lowest BCUT2D eigenvalue weighted by atomic mass is 10.1. The molecule has 0 aliphatic rings. The highest BCUT2D eigenvalue weighted by Crippen LogP contribution is 2.05. The average Bonchev–Trinajstić information content (AvgIpc) is 2.89. The third-order valence-corrected chi connectivity index (χ3v) is 3.76. The molecule has 0 amide bonds. The van der Waals surface area contributed by atoms with E-state index in [0.717, 1.165) is 31.0 Å². The number of nitrogens with zero attached hydrogens (tertiary/aromatic N) is 4. The van der Waals surface area contributed by atoms with E-state index in [9.17, 15) is 9.59 Å². The highest BCUT2D eigenvalue weighted by molar-refractivity contribution is 7.00. The number of aromatic nitrogens is 4. The van der Waals surface area contributed by atoms with Crippen molar-refractivity contribution in [1.82, 2.24) is 17.9 Å². The minimum atomic E-state index is -0.317. The molecule has 0 aromatic carbocycles. The molecule has 7 heteroatoms. The minimum Gasteiger partial charge on any atom is -0.278 e. The van der Waals surface area contributed by atoms with Crippen LogP contribution in [-0.2, 0) is 13.6 Å². The zero-order chi connectivity index (χ0) is 13.8. The van der Waals surface area contributed by atoms with Crippen LogP contribution in [0.2, 0.25) is 0 Å². The van der Waals surface area contributed by atoms with Gasteiger partial charge in [-0.3, -0.25) is 13.9 Å². The van der Waals surface area contributed by atoms with Crippen LogP contribution in [0.1, 0.15) is 39.0 Å². The van der Waals surface area contributed by atoms with Gasteiger partial charge in [-0.1, -0.05) is 32.6 Å². The molecule has 0 bridgehead atoms. The molecule has 2 heterocycles. The van der Waals surface area contributed by atoms with Crippen molar-refractivity contribution >= 4 is 22.9 Å². The van der Waals surface area contributed by atoms with E-state index >= 15 is 0 Å². The number of rotatable bonds is 6. The van der Waals surface area contributed by atoms with Gasteiger partial charge in [0.2, 0.25) is 0 Å². The summed E-state index contributed by atoms with van der Waals surface area (Å²) in [5, 5.41) is 0. The molecule has 2 aromatic heterocycles. The molecule has 0 atom stereocenters. The van der Waals surface area contributed by atoms with E-state index in [0.29, 0.717) is 17.7 Å². The van der Waals surface area contributed by atoms with Gasteiger partial charge in [0.05, 0.1) is 11.7 Å². The Kier molecular flexibility index (Phi) is 4.47. The molecular formula is C12H18N4O2S. The molecular weight excluding hydrogens is 264 g/mol. The van der Waals surface area contributed by atoms with Gasteiger partial charge in [0.25, 0.3) is 5.56 Å². The van der Waals surface area contributed by atoms with Gasteiger partial charge in [0.1, 0.15) is 0 Å². The van der Waals surface area contributed by atoms with E-state index in [2.05, 4.69) is 15.7 Å². The summed E-state index contributed by atoms with van der Waals surface area (Å²) in [5.74, 6) is 0. The van der Waals surface area contributed by atoms with Crippen LogP contribution in [-0.4, -0.2) is 17.9 Å². The molecule has 0 saturated carbocycles. The number of hydrogen-bond acceptors (Lipinski definition) is 5. The summed E-state index contributed by atoms with van der Waals surface area (Å²) in [6.07, 6.45) is 5.40. The van der Waals surface area contributed by atoms with Crippen molar-refractivity contribution < 1.29 is 0 Å². The smallest absolute Gasteiger partial charge is 0.278 e. The van der Waals surface area contributed by atoms with E-state index < -0.39 is 0 Å². The van der Waals surface area contributed by atoms with Crippen molar-refractivity contribution in [3.63, 3.8) is 0 Å². The van der Waals surface area contributed by atoms with Crippen molar-refractivity contribution in [2.75, 3.05) is 0 Å². The van der Waals surface area contributed by atoms with Gasteiger partial charge in [-0.25, -0.2) is 4.79 Å². The maximum Gasteiger partial charge on any atom is 0.332 e. The first-order chi connectivity index (χ1) is 9.16. The molecule has 19 heavy (non-hydrogen) atoms. The standard InChI is InChI=1S/C12H18N4O2S/c1-3-4-5-6-7-8-16-11(17)9-10(14-19-13-9)15(2)12(16)18/h3-8H2,1-2H3. The summed E-state index contributed by atoms with van der Waals surface area (Å²) in [7, 11) is 1.62. The van der Waals surface area contributed by atoms with Gasteiger partial charge in [0, 0.05) is 13.6 Å². The van der Waals surface area contributed by atoms with Gasteiger partial charge in [-0.15, -0.1) is 0 Å². The topological polar surface area (TPSA) is 69.8 Å². The third-order valence-electron chi connectivity index (χ3n) is 3.24. The third kappa shape index (κ3) is 2.75. The highest BCUT2D eigenvalue weighted by atomic mass is 32.1. The Hall–Kier alpha value is -1.50. The Morgan fingerprint density at radius 1 is 1.11 bits per heavy atom. The predicted octanol–water partition coefficient (Wildman–Crippen LogP) is 1.52. The molecule has 2 rings (SSSR count). The first-order valence-electron chi connectivity index (χ1n) is 6.59. The molecule has 0 saturated heterocycles. The Bertz CT molecular complexity index is 670. The van der Waals surface area contributed by atoms with Crippen molar-refractivity contribution in [1.29, 1.82) is 0 Å². The zero-order valence-corrected chi connectivity index (χ0v) is 12.1. The van der Waals surface area contributed by atoms with Crippen molar-refractivity contribution in [2.45, 2.75) is 45.6 Å². The highest BCUT2D eigenvalue weighted by Gasteiger charge is 2.13. The fraction of sp³-hybridized carbons (Fsp3) is 0.667. The van der Waals surface area contributed by atoms with Crippen LogP contribution in [0.4, 0.5) is 0 Å². The second-order valence-corrected chi connectivity index (χ2v) is 5.18. The fourth-order valence-corrected chi connectivity index (χ4v) is 2.66. The Morgan fingerprint density at radius 3 is 2.58 bits per heavy atom. The number of fused-ring (bicyclic) bond motifs is 1. The Balaban J connectivity index is 2.23. The van der Waals surface area contributed by atoms with Crippen molar-refractivity contribution in [3.8, 4) is 0 Å². The summed E-state index contributed by atoms with van der Waals surface area (Å²) >= 11 is 0.961. The monoisotopic (exact) mass is 282 g/mol. The lowest BCUT2D eigenvalue weighted by Gasteiger charge is -2.06. The largest absolute Gasteiger partial charge is 0.332 e. The number of aryl methyl sites for hydroxylation is 1. The van der Waals surface area contributed by atoms with Gasteiger partial charge >= 0.3 is 5.69 Å². The molecule has 0 spiro atoms. The van der Waals surface area contributed by atoms with Gasteiger partial charge in [0.15, 0.2) is 11.2 Å². The second-order valence-electron chi connectivity index (χ2n) is 4.65. The lowest BCUT2D eigenvalue weighted by Crippen LogP contribution is -2.39. The van der Waals surface area contributed by atoms with Crippen LogP contribution in [0.15, 0.2) is 9.59 Å². The van der Waals surface area contributed by atoms with Crippen LogP contribution in [0, 0.1) is 0 Å². The first-order valence-corrected chi connectivity index (χ1v) is 7.32. The van der Waals surface area contributed by atoms with E-state index in [1.54, 1.807) is 7.05 Å². The fourth-order valence-electron chi connectivity index (χ4n) is 2.10. The van der Waals surface area contributed by atoms with Crippen molar-refractivity contribution in [2.24, 2.45) is 7.05 Å². The van der Waals surface area contributed by atoms with Gasteiger partial charge in [-0.05, 0) is 6.42 Å². The zero-order valence-electron chi connectivity index (χ0n) is 11.3. The molecule has 6 nitrogen and oxygen atoms in total. The summed E-state index contributed by atoms with van der Waals surface area (Å²) in [6, 6.07) is 0. The van der Waals surface area contributed by atoms with E-state index in [1.165, 1.54) is 22.0 Å². The quantitative estimate of drug-likeness (QED) is 0.753. The lowest BCUT2D eigenvalue weighted by molar-refractivity contribution is 0.532. The molecule has 0 N–H and O–H groups in total. The molecule has 2 aromatic rings. The molecule has 104 valence electrons. The maximum atomic E-state index is 12.1. The van der Waals surface area contributed by atoms with Gasteiger partial charge < -0.3 is 0 Å². The van der Waals surface area contributed by atoms with E-state index in [4.69, 9.17) is 0 Å². The maximum absolute atomic E-state index is 12.1. The molecule has 0 fully saturated rings. The number of hydrogen-bond donors (Lipinski definition) is 0. The van der Waals surface area contributed by atoms with Crippen LogP contribution in [0.5, 0.6) is 0 Å². The molecule has 0 aliphatic heterocycles. The molecule has 0 unspecified atom stereocenters. The van der Waals surface area contributed by atoms with Crippen LogP contribution in [0.25, 0.3) is 11.2 Å². The predicted molar refractivity (Wildman–Crippen MR) is 75.7 cm³/mol. The number of unbranched alkanes of at least 4 members (excludes halogenated alkanes) is 4. The van der Waals surface area contributed by atoms with Crippen LogP contribution >= 0.6 is 11.7 Å². The van der Waals surface area contributed by atoms with Gasteiger partial charge in [-0.2, -0.15) is 8.75 Å². The Morgan fingerprint density at radius 2 is 1.84 bits per heavy atom. The average molecular weight is 282 g/mol. The second kappa shape index (κ2) is 6.10. The van der Waals surface area contributed by atoms with Crippen molar-refractivity contribution in [3.05, 3.63) is 20.8 Å². The SMILES string of the molecule is CCCCCCCn1c(=O)c2nsnc2n(C)c1=O. The Labute approximate surface area is 115 Å². The summed E-state index contributed by atoms with van der Waals surface area (Å²) in [5.41, 5.74) is 0.0472. The van der Waals surface area contributed by atoms with E-state index in [-0.39, 0.29) is 11.2 Å². The van der Waals surface area contributed by atoms with Crippen LogP contribution in [0.3, 0.4) is 0 Å². The first kappa shape index (κ1) is 13.9. The summed E-state index contributed by atoms with van der Waals surface area (Å²) < 4.78 is 10.6. The summed E-state index contributed by atoms with van der Waals surface area (Å²) in [4.78, 5) is 24.2. The van der Waals surface area contributed by atoms with Crippen LogP contribution < -0.4 is 11.2 Å².